The lowest BCUT2D eigenvalue weighted by Gasteiger charge is -2.33. The Kier molecular flexibility index (Phi) is 3.34. The van der Waals surface area contributed by atoms with Crippen molar-refractivity contribution in [1.82, 2.24) is 0 Å². The first kappa shape index (κ1) is 9.01. The molecule has 66 valence electrons. The van der Waals surface area contributed by atoms with E-state index >= 15 is 0 Å². The summed E-state index contributed by atoms with van der Waals surface area (Å²) in [6.45, 7) is 4.44. The third-order valence-electron chi connectivity index (χ3n) is 2.64. The fraction of sp³-hybridized carbons (Fsp3) is 1.00. The van der Waals surface area contributed by atoms with E-state index in [1.165, 1.54) is 0 Å². The molecular weight excluding hydrogens is 140 g/mol. The second-order valence-corrected chi connectivity index (χ2v) is 3.75. The molecule has 0 spiro atoms. The van der Waals surface area contributed by atoms with Gasteiger partial charge in [-0.25, -0.2) is 0 Å². The van der Waals surface area contributed by atoms with Crippen molar-refractivity contribution in [3.8, 4) is 0 Å². The lowest BCUT2D eigenvalue weighted by molar-refractivity contribution is 0.0168. The molecule has 1 heterocycles. The van der Waals surface area contributed by atoms with Crippen LogP contribution < -0.4 is 0 Å². The molecule has 1 N–H and O–H groups in total. The van der Waals surface area contributed by atoms with E-state index in [1.807, 2.05) is 0 Å². The second kappa shape index (κ2) is 4.07. The van der Waals surface area contributed by atoms with Crippen molar-refractivity contribution in [2.75, 3.05) is 19.8 Å². The molecule has 0 radical (unpaired) electrons. The Morgan fingerprint density at radius 2 is 2.00 bits per heavy atom. The van der Waals surface area contributed by atoms with Crippen molar-refractivity contribution < 1.29 is 9.84 Å². The minimum atomic E-state index is 0.330. The minimum absolute atomic E-state index is 0.330. The minimum Gasteiger partial charge on any atom is -0.396 e. The van der Waals surface area contributed by atoms with E-state index in [0.717, 1.165) is 38.9 Å². The molecule has 1 aliphatic rings. The van der Waals surface area contributed by atoms with Crippen LogP contribution >= 0.6 is 0 Å². The van der Waals surface area contributed by atoms with Gasteiger partial charge in [0.25, 0.3) is 0 Å². The maximum atomic E-state index is 8.68. The molecule has 1 rings (SSSR count). The summed E-state index contributed by atoms with van der Waals surface area (Å²) >= 11 is 0. The predicted molar refractivity (Wildman–Crippen MR) is 44.5 cm³/mol. The van der Waals surface area contributed by atoms with Crippen LogP contribution in [0.15, 0.2) is 0 Å². The molecule has 0 aromatic carbocycles. The molecule has 0 aromatic rings. The Hall–Kier alpha value is -0.0800. The zero-order valence-electron chi connectivity index (χ0n) is 7.31. The van der Waals surface area contributed by atoms with Crippen LogP contribution in [-0.2, 0) is 4.74 Å². The van der Waals surface area contributed by atoms with Gasteiger partial charge >= 0.3 is 0 Å². The molecule has 0 unspecified atom stereocenters. The van der Waals surface area contributed by atoms with Gasteiger partial charge in [0.15, 0.2) is 0 Å². The molecule has 0 amide bonds. The number of ether oxygens (including phenoxy) is 1. The quantitative estimate of drug-likeness (QED) is 0.675. The van der Waals surface area contributed by atoms with Gasteiger partial charge in [0.05, 0.1) is 0 Å². The Bertz CT molecular complexity index is 106. The lowest BCUT2D eigenvalue weighted by Crippen LogP contribution is -2.26. The summed E-state index contributed by atoms with van der Waals surface area (Å²) in [5.41, 5.74) is 0.445. The maximum absolute atomic E-state index is 8.68. The van der Waals surface area contributed by atoms with E-state index in [1.54, 1.807) is 0 Å². The van der Waals surface area contributed by atoms with Crippen molar-refractivity contribution in [2.45, 2.75) is 32.6 Å². The monoisotopic (exact) mass is 158 g/mol. The number of aliphatic hydroxyl groups is 1. The Morgan fingerprint density at radius 3 is 2.55 bits per heavy atom. The van der Waals surface area contributed by atoms with E-state index in [9.17, 15) is 0 Å². The Balaban J connectivity index is 2.25. The highest BCUT2D eigenvalue weighted by Gasteiger charge is 2.26. The van der Waals surface area contributed by atoms with Crippen LogP contribution in [0.1, 0.15) is 32.6 Å². The van der Waals surface area contributed by atoms with Gasteiger partial charge in [-0.3, -0.25) is 0 Å². The van der Waals surface area contributed by atoms with Gasteiger partial charge in [0, 0.05) is 19.8 Å². The zero-order chi connectivity index (χ0) is 8.16. The number of rotatable bonds is 3. The number of aliphatic hydroxyl groups excluding tert-OH is 1. The molecule has 0 bridgehead atoms. The van der Waals surface area contributed by atoms with Crippen molar-refractivity contribution in [3.05, 3.63) is 0 Å². The molecular formula is C9H18O2. The van der Waals surface area contributed by atoms with E-state index < -0.39 is 0 Å². The topological polar surface area (TPSA) is 29.5 Å². The highest BCUT2D eigenvalue weighted by atomic mass is 16.5. The van der Waals surface area contributed by atoms with Crippen LogP contribution in [0.4, 0.5) is 0 Å². The number of hydrogen-bond acceptors (Lipinski definition) is 2. The second-order valence-electron chi connectivity index (χ2n) is 3.75. The maximum Gasteiger partial charge on any atom is 0.0471 e. The standard InChI is InChI=1S/C9H18O2/c1-9(3-2-6-10)4-7-11-8-5-9/h10H,2-8H2,1H3. The van der Waals surface area contributed by atoms with E-state index in [2.05, 4.69) is 6.92 Å². The van der Waals surface area contributed by atoms with Gasteiger partial charge in [-0.05, 0) is 31.1 Å². The fourth-order valence-electron chi connectivity index (χ4n) is 1.62. The Labute approximate surface area is 68.6 Å². The van der Waals surface area contributed by atoms with E-state index in [4.69, 9.17) is 9.84 Å². The normalized spacial score (nSPS) is 23.5. The molecule has 2 heteroatoms. The molecule has 0 aliphatic carbocycles. The van der Waals surface area contributed by atoms with Crippen molar-refractivity contribution in [2.24, 2.45) is 5.41 Å². The van der Waals surface area contributed by atoms with Gasteiger partial charge in [0.2, 0.25) is 0 Å². The van der Waals surface area contributed by atoms with Crippen LogP contribution in [0.25, 0.3) is 0 Å². The third-order valence-corrected chi connectivity index (χ3v) is 2.64. The lowest BCUT2D eigenvalue weighted by atomic mass is 9.78. The van der Waals surface area contributed by atoms with Gasteiger partial charge in [-0.2, -0.15) is 0 Å². The smallest absolute Gasteiger partial charge is 0.0471 e. The van der Waals surface area contributed by atoms with Crippen molar-refractivity contribution >= 4 is 0 Å². The average molecular weight is 158 g/mol. The molecule has 2 nitrogen and oxygen atoms in total. The summed E-state index contributed by atoms with van der Waals surface area (Å²) in [7, 11) is 0. The first-order valence-corrected chi connectivity index (χ1v) is 4.45. The van der Waals surface area contributed by atoms with Crippen LogP contribution in [0.2, 0.25) is 0 Å². The SMILES string of the molecule is CC1(CCCO)CCOCC1. The molecule has 1 aliphatic heterocycles. The third kappa shape index (κ3) is 2.80. The Morgan fingerprint density at radius 1 is 1.36 bits per heavy atom. The van der Waals surface area contributed by atoms with Crippen LogP contribution in [0.5, 0.6) is 0 Å². The molecule has 1 saturated heterocycles. The first-order chi connectivity index (χ1) is 5.27. The van der Waals surface area contributed by atoms with Crippen molar-refractivity contribution in [1.29, 1.82) is 0 Å². The molecule has 1 fully saturated rings. The highest BCUT2D eigenvalue weighted by molar-refractivity contribution is 4.76. The molecule has 0 aromatic heterocycles. The molecule has 0 atom stereocenters. The van der Waals surface area contributed by atoms with E-state index in [0.29, 0.717) is 12.0 Å². The van der Waals surface area contributed by atoms with Crippen LogP contribution in [0, 0.1) is 5.41 Å². The summed E-state index contributed by atoms with van der Waals surface area (Å²) in [5.74, 6) is 0. The van der Waals surface area contributed by atoms with Gasteiger partial charge in [-0.1, -0.05) is 6.92 Å². The summed E-state index contributed by atoms with van der Waals surface area (Å²) in [5, 5.41) is 8.68. The predicted octanol–water partition coefficient (Wildman–Crippen LogP) is 1.58. The largest absolute Gasteiger partial charge is 0.396 e. The van der Waals surface area contributed by atoms with Gasteiger partial charge < -0.3 is 9.84 Å². The average Bonchev–Trinajstić information content (AvgIpc) is 2.03. The highest BCUT2D eigenvalue weighted by Crippen LogP contribution is 2.34. The van der Waals surface area contributed by atoms with Crippen molar-refractivity contribution in [3.63, 3.8) is 0 Å². The first-order valence-electron chi connectivity index (χ1n) is 4.45. The van der Waals surface area contributed by atoms with Crippen LogP contribution in [0.3, 0.4) is 0 Å². The fourth-order valence-corrected chi connectivity index (χ4v) is 1.62. The van der Waals surface area contributed by atoms with Gasteiger partial charge in [0.1, 0.15) is 0 Å². The van der Waals surface area contributed by atoms with Gasteiger partial charge in [-0.15, -0.1) is 0 Å². The summed E-state index contributed by atoms with van der Waals surface area (Å²) in [4.78, 5) is 0. The zero-order valence-corrected chi connectivity index (χ0v) is 7.31. The number of hydrogen-bond donors (Lipinski definition) is 1. The summed E-state index contributed by atoms with van der Waals surface area (Å²) in [6.07, 6.45) is 4.41. The van der Waals surface area contributed by atoms with Crippen LogP contribution in [-0.4, -0.2) is 24.9 Å². The summed E-state index contributed by atoms with van der Waals surface area (Å²) in [6, 6.07) is 0. The van der Waals surface area contributed by atoms with E-state index in [-0.39, 0.29) is 0 Å². The summed E-state index contributed by atoms with van der Waals surface area (Å²) < 4.78 is 5.28. The molecule has 11 heavy (non-hydrogen) atoms. The molecule has 0 saturated carbocycles.